The van der Waals surface area contributed by atoms with Gasteiger partial charge in [0.15, 0.2) is 0 Å². The first kappa shape index (κ1) is 14.1. The fourth-order valence-electron chi connectivity index (χ4n) is 2.73. The van der Waals surface area contributed by atoms with Gasteiger partial charge in [-0.15, -0.1) is 0 Å². The predicted octanol–water partition coefficient (Wildman–Crippen LogP) is 2.15. The molecule has 0 aromatic carbocycles. The number of likely N-dealkylation sites (tertiary alicyclic amines) is 1. The first-order valence-electron chi connectivity index (χ1n) is 7.09. The van der Waals surface area contributed by atoms with Crippen molar-refractivity contribution in [3.05, 3.63) is 11.9 Å². The van der Waals surface area contributed by atoms with Gasteiger partial charge in [0.25, 0.3) is 0 Å². The SMILES string of the molecule is CNc1ncnc(NC2CCCN(C)C2)c1C(C)C. The Morgan fingerprint density at radius 2 is 2.05 bits per heavy atom. The standard InChI is InChI=1S/C14H25N5/c1-10(2)12-13(15-3)16-9-17-14(12)18-11-6-5-7-19(4)8-11/h9-11H,5-8H2,1-4H3,(H2,15,16,17,18). The third-order valence-electron chi connectivity index (χ3n) is 3.66. The monoisotopic (exact) mass is 263 g/mol. The molecular weight excluding hydrogens is 238 g/mol. The number of hydrogen-bond acceptors (Lipinski definition) is 5. The first-order valence-corrected chi connectivity index (χ1v) is 7.09. The van der Waals surface area contributed by atoms with Crippen LogP contribution in [0.15, 0.2) is 6.33 Å². The van der Waals surface area contributed by atoms with Crippen LogP contribution < -0.4 is 10.6 Å². The first-order chi connectivity index (χ1) is 9.11. The van der Waals surface area contributed by atoms with Gasteiger partial charge < -0.3 is 15.5 Å². The van der Waals surface area contributed by atoms with Crippen molar-refractivity contribution in [2.24, 2.45) is 0 Å². The van der Waals surface area contributed by atoms with Gasteiger partial charge in [-0.05, 0) is 32.4 Å². The topological polar surface area (TPSA) is 53.1 Å². The third-order valence-corrected chi connectivity index (χ3v) is 3.66. The zero-order valence-corrected chi connectivity index (χ0v) is 12.4. The van der Waals surface area contributed by atoms with Gasteiger partial charge in [-0.3, -0.25) is 0 Å². The molecule has 0 spiro atoms. The molecule has 19 heavy (non-hydrogen) atoms. The lowest BCUT2D eigenvalue weighted by Crippen LogP contribution is -2.40. The molecule has 0 radical (unpaired) electrons. The van der Waals surface area contributed by atoms with E-state index in [1.807, 2.05) is 7.05 Å². The van der Waals surface area contributed by atoms with Gasteiger partial charge in [0, 0.05) is 25.2 Å². The van der Waals surface area contributed by atoms with Gasteiger partial charge >= 0.3 is 0 Å². The molecule has 1 atom stereocenters. The summed E-state index contributed by atoms with van der Waals surface area (Å²) in [6.45, 7) is 6.63. The predicted molar refractivity (Wildman–Crippen MR) is 79.8 cm³/mol. The molecule has 1 aromatic rings. The van der Waals surface area contributed by atoms with Crippen LogP contribution in [0.3, 0.4) is 0 Å². The minimum absolute atomic E-state index is 0.396. The van der Waals surface area contributed by atoms with Crippen molar-refractivity contribution < 1.29 is 0 Å². The Kier molecular flexibility index (Phi) is 4.58. The quantitative estimate of drug-likeness (QED) is 0.871. The summed E-state index contributed by atoms with van der Waals surface area (Å²) in [5, 5.41) is 6.76. The molecule has 2 N–H and O–H groups in total. The molecule has 0 bridgehead atoms. The molecule has 0 aliphatic carbocycles. The van der Waals surface area contributed by atoms with Gasteiger partial charge in [0.2, 0.25) is 0 Å². The fraction of sp³-hybridized carbons (Fsp3) is 0.714. The maximum atomic E-state index is 4.45. The third kappa shape index (κ3) is 3.35. The second kappa shape index (κ2) is 6.19. The zero-order chi connectivity index (χ0) is 13.8. The smallest absolute Gasteiger partial charge is 0.135 e. The molecule has 2 heterocycles. The molecular formula is C14H25N5. The number of hydrogen-bond donors (Lipinski definition) is 2. The van der Waals surface area contributed by atoms with Gasteiger partial charge in [0.05, 0.1) is 0 Å². The summed E-state index contributed by atoms with van der Waals surface area (Å²) in [5.41, 5.74) is 1.18. The fourth-order valence-corrected chi connectivity index (χ4v) is 2.73. The number of piperidine rings is 1. The number of nitrogens with zero attached hydrogens (tertiary/aromatic N) is 3. The van der Waals surface area contributed by atoms with E-state index < -0.39 is 0 Å². The molecule has 0 amide bonds. The van der Waals surface area contributed by atoms with Crippen LogP contribution in [0.25, 0.3) is 0 Å². The molecule has 2 rings (SSSR count). The van der Waals surface area contributed by atoms with Crippen molar-refractivity contribution >= 4 is 11.6 Å². The average Bonchev–Trinajstić information content (AvgIpc) is 2.38. The lowest BCUT2D eigenvalue weighted by atomic mass is 10.0. The van der Waals surface area contributed by atoms with E-state index in [2.05, 4.69) is 46.4 Å². The Hall–Kier alpha value is -1.36. The average molecular weight is 263 g/mol. The molecule has 1 unspecified atom stereocenters. The summed E-state index contributed by atoms with van der Waals surface area (Å²) < 4.78 is 0. The van der Waals surface area contributed by atoms with Crippen molar-refractivity contribution in [2.45, 2.75) is 38.6 Å². The zero-order valence-electron chi connectivity index (χ0n) is 12.4. The van der Waals surface area contributed by atoms with Crippen molar-refractivity contribution in [3.8, 4) is 0 Å². The number of likely N-dealkylation sites (N-methyl/N-ethyl adjacent to an activating group) is 1. The number of nitrogens with one attached hydrogen (secondary N) is 2. The number of rotatable bonds is 4. The van der Waals surface area contributed by atoms with E-state index >= 15 is 0 Å². The maximum absolute atomic E-state index is 4.45. The second-order valence-electron chi connectivity index (χ2n) is 5.63. The van der Waals surface area contributed by atoms with Crippen LogP contribution in [-0.4, -0.2) is 48.1 Å². The largest absolute Gasteiger partial charge is 0.373 e. The van der Waals surface area contributed by atoms with Gasteiger partial charge in [-0.1, -0.05) is 13.8 Å². The normalized spacial score (nSPS) is 20.6. The molecule has 1 aliphatic rings. The van der Waals surface area contributed by atoms with Crippen molar-refractivity contribution in [3.63, 3.8) is 0 Å². The highest BCUT2D eigenvalue weighted by Crippen LogP contribution is 2.29. The lowest BCUT2D eigenvalue weighted by Gasteiger charge is -2.31. The van der Waals surface area contributed by atoms with E-state index in [9.17, 15) is 0 Å². The molecule has 5 heteroatoms. The van der Waals surface area contributed by atoms with Crippen molar-refractivity contribution in [1.82, 2.24) is 14.9 Å². The summed E-state index contributed by atoms with van der Waals surface area (Å²) in [6, 6.07) is 0.482. The van der Waals surface area contributed by atoms with Crippen molar-refractivity contribution in [1.29, 1.82) is 0 Å². The van der Waals surface area contributed by atoms with E-state index in [1.54, 1.807) is 6.33 Å². The van der Waals surface area contributed by atoms with Crippen LogP contribution >= 0.6 is 0 Å². The molecule has 1 aromatic heterocycles. The van der Waals surface area contributed by atoms with E-state index in [1.165, 1.54) is 24.9 Å². The Balaban J connectivity index is 2.19. The Labute approximate surface area is 115 Å². The molecule has 106 valence electrons. The van der Waals surface area contributed by atoms with E-state index in [4.69, 9.17) is 0 Å². The minimum atomic E-state index is 0.396. The van der Waals surface area contributed by atoms with Crippen LogP contribution in [0.5, 0.6) is 0 Å². The van der Waals surface area contributed by atoms with Crippen LogP contribution in [-0.2, 0) is 0 Å². The highest BCUT2D eigenvalue weighted by molar-refractivity contribution is 5.59. The van der Waals surface area contributed by atoms with Crippen molar-refractivity contribution in [2.75, 3.05) is 37.8 Å². The van der Waals surface area contributed by atoms with Gasteiger partial charge in [-0.25, -0.2) is 9.97 Å². The molecule has 1 saturated heterocycles. The number of anilines is 2. The minimum Gasteiger partial charge on any atom is -0.373 e. The maximum Gasteiger partial charge on any atom is 0.135 e. The second-order valence-corrected chi connectivity index (χ2v) is 5.63. The summed E-state index contributed by atoms with van der Waals surface area (Å²) in [4.78, 5) is 11.1. The van der Waals surface area contributed by atoms with Crippen LogP contribution in [0, 0.1) is 0 Å². The van der Waals surface area contributed by atoms with E-state index in [0.717, 1.165) is 18.2 Å². The Bertz CT molecular complexity index is 418. The van der Waals surface area contributed by atoms with Crippen LogP contribution in [0.1, 0.15) is 38.2 Å². The van der Waals surface area contributed by atoms with Gasteiger partial charge in [0.1, 0.15) is 18.0 Å². The molecule has 0 saturated carbocycles. The summed E-state index contributed by atoms with van der Waals surface area (Å²) in [6.07, 6.45) is 4.09. The lowest BCUT2D eigenvalue weighted by molar-refractivity contribution is 0.260. The Morgan fingerprint density at radius 3 is 2.68 bits per heavy atom. The van der Waals surface area contributed by atoms with E-state index in [-0.39, 0.29) is 0 Å². The number of aromatic nitrogens is 2. The molecule has 1 fully saturated rings. The highest BCUT2D eigenvalue weighted by Gasteiger charge is 2.20. The molecule has 5 nitrogen and oxygen atoms in total. The van der Waals surface area contributed by atoms with Crippen LogP contribution in [0.4, 0.5) is 11.6 Å². The van der Waals surface area contributed by atoms with Crippen LogP contribution in [0.2, 0.25) is 0 Å². The molecule has 1 aliphatic heterocycles. The summed E-state index contributed by atoms with van der Waals surface area (Å²) >= 11 is 0. The summed E-state index contributed by atoms with van der Waals surface area (Å²) in [7, 11) is 4.09. The Morgan fingerprint density at radius 1 is 1.32 bits per heavy atom. The van der Waals surface area contributed by atoms with E-state index in [0.29, 0.717) is 12.0 Å². The van der Waals surface area contributed by atoms with Gasteiger partial charge in [-0.2, -0.15) is 0 Å². The summed E-state index contributed by atoms with van der Waals surface area (Å²) in [5.74, 6) is 2.30. The highest BCUT2D eigenvalue weighted by atomic mass is 15.2.